The molecule has 18 rings (SSSR count). The quantitative estimate of drug-likeness (QED) is 0.0176. The minimum absolute atomic E-state index is 0.811. The Morgan fingerprint density at radius 3 is 1.04 bits per heavy atom. The number of hydrogen-bond donors (Lipinski definition) is 4. The smallest absolute Gasteiger partial charge is 0.147 e. The number of benzene rings is 15. The summed E-state index contributed by atoms with van der Waals surface area (Å²) >= 11 is 0. The maximum absolute atomic E-state index is 6.26. The normalized spacial score (nSPS) is 12.1. The van der Waals surface area contributed by atoms with Crippen LogP contribution in [0.5, 0.6) is 11.5 Å². The van der Waals surface area contributed by atoms with Crippen LogP contribution in [-0.4, -0.2) is 26.2 Å². The van der Waals surface area contributed by atoms with E-state index in [0.29, 0.717) is 0 Å². The topological polar surface area (TPSA) is 66.6 Å². The largest absolute Gasteiger partial charge is 0.409 e. The van der Waals surface area contributed by atoms with Gasteiger partial charge in [0, 0.05) is 47.7 Å². The molecule has 0 fully saturated rings. The van der Waals surface area contributed by atoms with Gasteiger partial charge in [-0.15, -0.1) is 0 Å². The molecule has 6 heteroatoms. The van der Waals surface area contributed by atoms with Crippen molar-refractivity contribution in [2.45, 2.75) is 169 Å². The maximum atomic E-state index is 6.26. The van der Waals surface area contributed by atoms with Crippen molar-refractivity contribution in [1.82, 2.24) is 11.0 Å². The summed E-state index contributed by atoms with van der Waals surface area (Å²) in [5, 5.41) is 31.9. The van der Waals surface area contributed by atoms with Crippen LogP contribution in [0.25, 0.3) is 186 Å². The van der Waals surface area contributed by atoms with Gasteiger partial charge in [-0.1, -0.05) is 356 Å². The summed E-state index contributed by atoms with van der Waals surface area (Å²) in [5.41, 5.74) is 28.8. The molecule has 0 radical (unpaired) electrons. The van der Waals surface area contributed by atoms with Crippen LogP contribution in [0.2, 0.25) is 0 Å². The van der Waals surface area contributed by atoms with E-state index < -0.39 is 0 Å². The average Bonchev–Trinajstić information content (AvgIpc) is 1.52. The molecule has 6 nitrogen and oxygen atoms in total. The van der Waals surface area contributed by atoms with Gasteiger partial charge in [-0.25, -0.2) is 0 Å². The van der Waals surface area contributed by atoms with Gasteiger partial charge in [-0.3, -0.25) is 0 Å². The van der Waals surface area contributed by atoms with E-state index in [2.05, 4.69) is 304 Å². The first-order chi connectivity index (χ1) is 57.5. The SMILES string of the molecule is CCCCCCCCNOc1ccc(-c2c3c(c(-c4ccc(ONCCCCCC)cc4)c4ccccc24)-c2cccc4c(-c5ccc6c7c(NCCCCCCCC)c8c9ccc(-c%10cc(-c%11ccccc%11)cc%11cc(-c%12ccccc%12)ccc%10%11)c%10cccc(c8c(NCCCCCCCC)c7c7cccc5c76)c%109)ccc-3c24)cc1. The molecule has 4 N–H and O–H groups in total. The lowest BCUT2D eigenvalue weighted by Gasteiger charge is -2.21. The Morgan fingerprint density at radius 2 is 0.552 bits per heavy atom. The van der Waals surface area contributed by atoms with Crippen LogP contribution >= 0.6 is 0 Å². The molecule has 0 aromatic heterocycles. The molecule has 0 saturated carbocycles. The Labute approximate surface area is 685 Å². The minimum atomic E-state index is 0.811. The monoisotopic (exact) mass is 1520 g/mol. The van der Waals surface area contributed by atoms with Crippen molar-refractivity contribution in [2.75, 3.05) is 36.8 Å². The van der Waals surface area contributed by atoms with E-state index in [1.807, 2.05) is 0 Å². The van der Waals surface area contributed by atoms with Gasteiger partial charge in [0.1, 0.15) is 11.5 Å². The van der Waals surface area contributed by atoms with Crippen LogP contribution in [0, 0.1) is 0 Å². The van der Waals surface area contributed by atoms with Crippen molar-refractivity contribution >= 4 is 108 Å². The van der Waals surface area contributed by atoms with Gasteiger partial charge in [-0.05, 0) is 233 Å². The highest BCUT2D eigenvalue weighted by Gasteiger charge is 2.33. The number of fused-ring (bicyclic) bond motifs is 11. The fraction of sp³-hybridized carbons (Fsp3) is 0.273. The van der Waals surface area contributed by atoms with Crippen LogP contribution in [0.3, 0.4) is 0 Å². The molecule has 116 heavy (non-hydrogen) atoms. The van der Waals surface area contributed by atoms with Gasteiger partial charge in [0.15, 0.2) is 0 Å². The molecule has 17 aromatic carbocycles. The van der Waals surface area contributed by atoms with E-state index in [1.165, 1.54) is 302 Å². The van der Waals surface area contributed by atoms with Crippen LogP contribution in [0.15, 0.2) is 255 Å². The molecule has 1 aliphatic carbocycles. The lowest BCUT2D eigenvalue weighted by atomic mass is 9.82. The zero-order chi connectivity index (χ0) is 78.3. The molecule has 0 bridgehead atoms. The third-order valence-corrected chi connectivity index (χ3v) is 25.3. The highest BCUT2D eigenvalue weighted by molar-refractivity contribution is 6.47. The molecule has 1 aliphatic rings. The highest BCUT2D eigenvalue weighted by Crippen LogP contribution is 2.61. The summed E-state index contributed by atoms with van der Waals surface area (Å²) < 4.78 is 0. The summed E-state index contributed by atoms with van der Waals surface area (Å²) in [4.78, 5) is 12.5. The Hall–Kier alpha value is -11.3. The molecule has 0 spiro atoms. The summed E-state index contributed by atoms with van der Waals surface area (Å²) in [6, 6.07) is 96.9. The van der Waals surface area contributed by atoms with Crippen LogP contribution < -0.4 is 31.3 Å². The second kappa shape index (κ2) is 35.0. The molecule has 17 aromatic rings. The fourth-order valence-electron chi connectivity index (χ4n) is 19.6. The first-order valence-electron chi connectivity index (χ1n) is 44.2. The minimum Gasteiger partial charge on any atom is -0.409 e. The predicted molar refractivity (Wildman–Crippen MR) is 502 cm³/mol. The Kier molecular flexibility index (Phi) is 23.0. The number of hydrogen-bond acceptors (Lipinski definition) is 6. The predicted octanol–water partition coefficient (Wildman–Crippen LogP) is 31.8. The maximum Gasteiger partial charge on any atom is 0.147 e. The number of unbranched alkanes of at least 4 members (excludes halogenated alkanes) is 18. The van der Waals surface area contributed by atoms with Gasteiger partial charge in [0.2, 0.25) is 0 Å². The molecule has 0 heterocycles. The lowest BCUT2D eigenvalue weighted by molar-refractivity contribution is 0.193. The van der Waals surface area contributed by atoms with Crippen molar-refractivity contribution in [3.63, 3.8) is 0 Å². The van der Waals surface area contributed by atoms with Gasteiger partial charge in [-0.2, -0.15) is 11.0 Å². The van der Waals surface area contributed by atoms with Gasteiger partial charge in [0.05, 0.1) is 11.4 Å². The second-order valence-corrected chi connectivity index (χ2v) is 32.9. The van der Waals surface area contributed by atoms with Crippen molar-refractivity contribution in [3.8, 4) is 101 Å². The number of rotatable bonds is 38. The summed E-state index contributed by atoms with van der Waals surface area (Å²) in [6.45, 7) is 12.6. The average molecular weight is 1520 g/mol. The van der Waals surface area contributed by atoms with Gasteiger partial charge >= 0.3 is 0 Å². The first kappa shape index (κ1) is 76.0. The van der Waals surface area contributed by atoms with Gasteiger partial charge < -0.3 is 20.3 Å². The van der Waals surface area contributed by atoms with Crippen LogP contribution in [-0.2, 0) is 0 Å². The van der Waals surface area contributed by atoms with Crippen molar-refractivity contribution in [1.29, 1.82) is 0 Å². The number of anilines is 2. The van der Waals surface area contributed by atoms with E-state index in [1.54, 1.807) is 0 Å². The molecular formula is C110H110N4O2. The van der Waals surface area contributed by atoms with Crippen molar-refractivity contribution < 1.29 is 9.68 Å². The third kappa shape index (κ3) is 14.6. The van der Waals surface area contributed by atoms with E-state index in [-0.39, 0.29) is 0 Å². The highest BCUT2D eigenvalue weighted by atomic mass is 16.6. The zero-order valence-corrected chi connectivity index (χ0v) is 68.4. The summed E-state index contributed by atoms with van der Waals surface area (Å²) in [6.07, 6.45) is 26.9. The Bertz CT molecular complexity index is 6240. The third-order valence-electron chi connectivity index (χ3n) is 25.3. The fourth-order valence-corrected chi connectivity index (χ4v) is 19.6. The van der Waals surface area contributed by atoms with Crippen LogP contribution in [0.1, 0.15) is 169 Å². The molecule has 0 amide bonds. The molecular weight excluding hydrogens is 1410 g/mol. The molecule has 582 valence electrons. The van der Waals surface area contributed by atoms with Gasteiger partial charge in [0.25, 0.3) is 0 Å². The lowest BCUT2D eigenvalue weighted by Crippen LogP contribution is -2.19. The van der Waals surface area contributed by atoms with E-state index >= 15 is 0 Å². The van der Waals surface area contributed by atoms with Crippen molar-refractivity contribution in [2.24, 2.45) is 0 Å². The van der Waals surface area contributed by atoms with Crippen molar-refractivity contribution in [3.05, 3.63) is 255 Å². The number of nitrogens with one attached hydrogen (secondary N) is 4. The molecule has 0 saturated heterocycles. The molecule has 0 aliphatic heterocycles. The second-order valence-electron chi connectivity index (χ2n) is 32.9. The Morgan fingerprint density at radius 1 is 0.207 bits per heavy atom. The van der Waals surface area contributed by atoms with Crippen LogP contribution in [0.4, 0.5) is 11.4 Å². The van der Waals surface area contributed by atoms with E-state index in [0.717, 1.165) is 74.5 Å². The standard InChI is InChI=1S/C110H110N4O2/c1-5-9-13-17-20-31-66-111-109-105-92-48-36-45-87-84(83-60-63-94-100-86(83)44-35-47-91(100)103-98(75-50-55-80(56-51-75)115-113-68-33-16-12-8-4)89-42-29-30-43-90(89)99(104(94)103)76-52-57-81(58-53-76)116-114-69-34-22-19-15-11-7-3)61-64-95(101(87)92)107(105)110(112-67-32-21-18-14-10-6-2)108-96-65-62-85(88-46-37-49-93(102(88)96)106(108)109)97-72-78(74-40-27-24-28-41-74)71-79-70-77(54-59-82(79)97)73-38-25-23-26-39-73/h23-30,35-65,70-72,111-114H,5-22,31-34,66-69H2,1-4H3. The Balaban J connectivity index is 0.812. The summed E-state index contributed by atoms with van der Waals surface area (Å²) in [5.74, 6) is 1.63. The zero-order valence-electron chi connectivity index (χ0n) is 68.4. The number of hydroxylamine groups is 2. The first-order valence-corrected chi connectivity index (χ1v) is 44.2. The van der Waals surface area contributed by atoms with E-state index in [4.69, 9.17) is 9.68 Å². The van der Waals surface area contributed by atoms with E-state index in [9.17, 15) is 0 Å². The molecule has 0 atom stereocenters. The molecule has 0 unspecified atom stereocenters. The summed E-state index contributed by atoms with van der Waals surface area (Å²) in [7, 11) is 0.